The van der Waals surface area contributed by atoms with Gasteiger partial charge in [0.15, 0.2) is 0 Å². The van der Waals surface area contributed by atoms with Gasteiger partial charge in [-0.05, 0) is 92.9 Å². The summed E-state index contributed by atoms with van der Waals surface area (Å²) < 4.78 is 0. The number of benzene rings is 3. The summed E-state index contributed by atoms with van der Waals surface area (Å²) in [7, 11) is 0. The van der Waals surface area contributed by atoms with Crippen LogP contribution in [0.5, 0.6) is 0 Å². The molecule has 0 atom stereocenters. The van der Waals surface area contributed by atoms with Crippen molar-refractivity contribution in [2.24, 2.45) is 0 Å². The van der Waals surface area contributed by atoms with E-state index in [0.29, 0.717) is 46.7 Å². The molecule has 0 radical (unpaired) electrons. The quantitative estimate of drug-likeness (QED) is 0.194. The molecule has 0 spiro atoms. The summed E-state index contributed by atoms with van der Waals surface area (Å²) in [5.41, 5.74) is 2.69. The molecule has 10 nitrogen and oxygen atoms in total. The zero-order valence-corrected chi connectivity index (χ0v) is 26.1. The van der Waals surface area contributed by atoms with E-state index in [1.807, 2.05) is 0 Å². The molecule has 4 N–H and O–H groups in total. The monoisotopic (exact) mass is 600 g/mol. The van der Waals surface area contributed by atoms with E-state index in [0.717, 1.165) is 39.3 Å². The number of likely N-dealkylation sites (N-methyl/N-ethyl adjacent to an activating group) is 2. The molecule has 4 amide bonds. The first-order valence-electron chi connectivity index (χ1n) is 15.2. The third-order valence-corrected chi connectivity index (χ3v) is 7.41. The Bertz CT molecular complexity index is 1280. The lowest BCUT2D eigenvalue weighted by Crippen LogP contribution is -2.34. The van der Waals surface area contributed by atoms with Gasteiger partial charge in [0.1, 0.15) is 0 Å². The number of nitrogens with zero attached hydrogens (tertiary/aromatic N) is 2. The molecule has 10 heteroatoms. The highest BCUT2D eigenvalue weighted by Crippen LogP contribution is 2.15. The van der Waals surface area contributed by atoms with Crippen molar-refractivity contribution >= 4 is 35.0 Å². The van der Waals surface area contributed by atoms with Crippen LogP contribution in [0.25, 0.3) is 0 Å². The molecule has 44 heavy (non-hydrogen) atoms. The average molecular weight is 601 g/mol. The molecule has 0 aliphatic carbocycles. The van der Waals surface area contributed by atoms with Crippen molar-refractivity contribution in [3.05, 3.63) is 95.1 Å². The van der Waals surface area contributed by atoms with Gasteiger partial charge in [0.2, 0.25) is 0 Å². The molecule has 234 valence electrons. The molecular formula is C34H44N6O4. The number of carbonyl (C=O) groups is 4. The van der Waals surface area contributed by atoms with Gasteiger partial charge in [0.05, 0.1) is 0 Å². The number of hydrogen-bond donors (Lipinski definition) is 4. The molecular weight excluding hydrogens is 556 g/mol. The van der Waals surface area contributed by atoms with Crippen molar-refractivity contribution in [1.29, 1.82) is 0 Å². The van der Waals surface area contributed by atoms with Crippen LogP contribution in [0.15, 0.2) is 72.8 Å². The van der Waals surface area contributed by atoms with Crippen molar-refractivity contribution in [2.45, 2.75) is 27.7 Å². The van der Waals surface area contributed by atoms with Crippen molar-refractivity contribution in [2.75, 3.05) is 63.0 Å². The number of hydrogen-bond acceptors (Lipinski definition) is 6. The molecule has 0 bridgehead atoms. The summed E-state index contributed by atoms with van der Waals surface area (Å²) in [5.74, 6) is -1.10. The number of nitrogens with one attached hydrogen (secondary N) is 4. The summed E-state index contributed by atoms with van der Waals surface area (Å²) in [5, 5.41) is 11.4. The third-order valence-electron chi connectivity index (χ3n) is 7.41. The minimum atomic E-state index is -0.382. The van der Waals surface area contributed by atoms with Crippen LogP contribution >= 0.6 is 0 Å². The summed E-state index contributed by atoms with van der Waals surface area (Å²) in [6, 6.07) is 19.7. The van der Waals surface area contributed by atoms with Crippen LogP contribution < -0.4 is 21.3 Å². The molecule has 0 aliphatic rings. The van der Waals surface area contributed by atoms with Gasteiger partial charge in [-0.2, -0.15) is 0 Å². The number of anilines is 2. The Kier molecular flexibility index (Phi) is 13.5. The normalized spacial score (nSPS) is 10.9. The van der Waals surface area contributed by atoms with Crippen LogP contribution in [0.2, 0.25) is 0 Å². The largest absolute Gasteiger partial charge is 0.351 e. The van der Waals surface area contributed by atoms with Crippen LogP contribution in [0.1, 0.15) is 69.1 Å². The van der Waals surface area contributed by atoms with E-state index in [1.165, 1.54) is 6.07 Å². The third kappa shape index (κ3) is 10.3. The SMILES string of the molecule is CCN(CC)CCNC(=O)c1ccc(NC(=O)c2cccc(C(=O)Nc3ccc(C(=O)NCCN(CC)CC)cc3)c2)cc1. The summed E-state index contributed by atoms with van der Waals surface area (Å²) >= 11 is 0. The second-order valence-electron chi connectivity index (χ2n) is 10.2. The van der Waals surface area contributed by atoms with E-state index in [2.05, 4.69) is 58.8 Å². The molecule has 0 saturated heterocycles. The standard InChI is InChI=1S/C34H44N6O4/c1-5-39(6-2)22-20-35-31(41)25-12-16-29(17-13-25)37-33(43)27-10-9-11-28(24-27)34(44)38-30-18-14-26(15-19-30)32(42)36-21-23-40(7-3)8-4/h9-19,24H,5-8,20-23H2,1-4H3,(H,35,41)(H,36,42)(H,37,43)(H,38,44). The average Bonchev–Trinajstić information content (AvgIpc) is 3.05. The van der Waals surface area contributed by atoms with E-state index < -0.39 is 0 Å². The highest BCUT2D eigenvalue weighted by molar-refractivity contribution is 6.09. The predicted molar refractivity (Wildman–Crippen MR) is 175 cm³/mol. The molecule has 3 rings (SSSR count). The maximum Gasteiger partial charge on any atom is 0.255 e. The highest BCUT2D eigenvalue weighted by Gasteiger charge is 2.13. The number of carbonyl (C=O) groups excluding carboxylic acids is 4. The Balaban J connectivity index is 1.52. The fraction of sp³-hybridized carbons (Fsp3) is 0.353. The van der Waals surface area contributed by atoms with E-state index in [-0.39, 0.29) is 23.6 Å². The van der Waals surface area contributed by atoms with Gasteiger partial charge in [-0.15, -0.1) is 0 Å². The van der Waals surface area contributed by atoms with E-state index in [4.69, 9.17) is 0 Å². The minimum absolute atomic E-state index is 0.169. The fourth-order valence-electron chi connectivity index (χ4n) is 4.56. The second kappa shape index (κ2) is 17.5. The fourth-order valence-corrected chi connectivity index (χ4v) is 4.56. The topological polar surface area (TPSA) is 123 Å². The van der Waals surface area contributed by atoms with Gasteiger partial charge < -0.3 is 31.1 Å². The van der Waals surface area contributed by atoms with Crippen LogP contribution in [0, 0.1) is 0 Å². The molecule has 0 aliphatic heterocycles. The van der Waals surface area contributed by atoms with Gasteiger partial charge in [-0.25, -0.2) is 0 Å². The smallest absolute Gasteiger partial charge is 0.255 e. The summed E-state index contributed by atoms with van der Waals surface area (Å²) in [4.78, 5) is 55.2. The van der Waals surface area contributed by atoms with Crippen LogP contribution in [-0.2, 0) is 0 Å². The van der Waals surface area contributed by atoms with Crippen molar-refractivity contribution in [3.63, 3.8) is 0 Å². The predicted octanol–water partition coefficient (Wildman–Crippen LogP) is 4.33. The molecule has 0 unspecified atom stereocenters. The van der Waals surface area contributed by atoms with Gasteiger partial charge in [-0.1, -0.05) is 33.8 Å². The van der Waals surface area contributed by atoms with Crippen molar-refractivity contribution in [1.82, 2.24) is 20.4 Å². The Morgan fingerprint density at radius 1 is 0.500 bits per heavy atom. The lowest BCUT2D eigenvalue weighted by molar-refractivity contribution is 0.0941. The first-order valence-corrected chi connectivity index (χ1v) is 15.2. The van der Waals surface area contributed by atoms with E-state index in [9.17, 15) is 19.2 Å². The summed E-state index contributed by atoms with van der Waals surface area (Å²) in [6.07, 6.45) is 0. The maximum atomic E-state index is 12.9. The maximum absolute atomic E-state index is 12.9. The van der Waals surface area contributed by atoms with Gasteiger partial charge >= 0.3 is 0 Å². The van der Waals surface area contributed by atoms with Crippen molar-refractivity contribution < 1.29 is 19.2 Å². The Hall–Kier alpha value is -4.54. The highest BCUT2D eigenvalue weighted by atomic mass is 16.2. The van der Waals surface area contributed by atoms with E-state index >= 15 is 0 Å². The molecule has 0 saturated carbocycles. The van der Waals surface area contributed by atoms with Gasteiger partial charge in [0, 0.05) is 59.8 Å². The Morgan fingerprint density at radius 3 is 1.20 bits per heavy atom. The summed E-state index contributed by atoms with van der Waals surface area (Å²) in [6.45, 7) is 14.8. The Labute approximate surface area is 260 Å². The van der Waals surface area contributed by atoms with Crippen LogP contribution in [-0.4, -0.2) is 85.8 Å². The number of rotatable bonds is 16. The zero-order valence-electron chi connectivity index (χ0n) is 26.1. The molecule has 0 aromatic heterocycles. The molecule has 3 aromatic carbocycles. The van der Waals surface area contributed by atoms with Crippen molar-refractivity contribution in [3.8, 4) is 0 Å². The lowest BCUT2D eigenvalue weighted by Gasteiger charge is -2.18. The first kappa shape index (κ1) is 34.0. The van der Waals surface area contributed by atoms with Gasteiger partial charge in [0.25, 0.3) is 23.6 Å². The minimum Gasteiger partial charge on any atom is -0.351 e. The lowest BCUT2D eigenvalue weighted by atomic mass is 10.1. The number of amides is 4. The molecule has 3 aromatic rings. The van der Waals surface area contributed by atoms with E-state index in [1.54, 1.807) is 66.7 Å². The Morgan fingerprint density at radius 2 is 0.864 bits per heavy atom. The van der Waals surface area contributed by atoms with Gasteiger partial charge in [-0.3, -0.25) is 19.2 Å². The molecule has 0 fully saturated rings. The van der Waals surface area contributed by atoms with Crippen LogP contribution in [0.3, 0.4) is 0 Å². The zero-order chi connectivity index (χ0) is 31.9. The second-order valence-corrected chi connectivity index (χ2v) is 10.2. The van der Waals surface area contributed by atoms with Crippen LogP contribution in [0.4, 0.5) is 11.4 Å². The first-order chi connectivity index (χ1) is 21.3. The molecule has 0 heterocycles.